The Labute approximate surface area is 119 Å². The van der Waals surface area contributed by atoms with Crippen molar-refractivity contribution >= 4 is 11.6 Å². The molecule has 5 nitrogen and oxygen atoms in total. The van der Waals surface area contributed by atoms with Crippen LogP contribution in [0, 0.1) is 0 Å². The molecule has 5 heteroatoms. The van der Waals surface area contributed by atoms with E-state index in [1.807, 2.05) is 13.8 Å². The average molecular weight is 278 g/mol. The predicted octanol–water partition coefficient (Wildman–Crippen LogP) is 1.97. The lowest BCUT2D eigenvalue weighted by molar-refractivity contribution is 0.0422. The zero-order valence-electron chi connectivity index (χ0n) is 12.1. The molecule has 0 aliphatic carbocycles. The van der Waals surface area contributed by atoms with Crippen LogP contribution < -0.4 is 15.8 Å². The van der Waals surface area contributed by atoms with E-state index in [0.29, 0.717) is 36.8 Å². The molecule has 1 aliphatic heterocycles. The van der Waals surface area contributed by atoms with Gasteiger partial charge in [-0.2, -0.15) is 0 Å². The summed E-state index contributed by atoms with van der Waals surface area (Å²) >= 11 is 0. The van der Waals surface area contributed by atoms with Gasteiger partial charge in [0.05, 0.1) is 6.61 Å². The Hall–Kier alpha value is -1.75. The Bertz CT molecular complexity index is 482. The minimum atomic E-state index is -0.217. The fourth-order valence-corrected chi connectivity index (χ4v) is 2.30. The number of nitrogen functional groups attached to an aromatic ring is 1. The van der Waals surface area contributed by atoms with Crippen LogP contribution in [0.25, 0.3) is 0 Å². The van der Waals surface area contributed by atoms with Crippen molar-refractivity contribution in [3.05, 3.63) is 23.8 Å². The maximum atomic E-state index is 12.4. The third-order valence-corrected chi connectivity index (χ3v) is 3.51. The highest BCUT2D eigenvalue weighted by Gasteiger charge is 2.29. The van der Waals surface area contributed by atoms with Gasteiger partial charge in [0.25, 0.3) is 5.91 Å². The molecule has 1 amide bonds. The standard InChI is InChI=1S/C15H22N2O3/c1-3-20-13-9-11(8-12(16)10-13)14(18)17-15(2)4-6-19-7-5-15/h8-10H,3-7,16H2,1-2H3,(H,17,18). The van der Waals surface area contributed by atoms with Crippen LogP contribution in [0.4, 0.5) is 5.69 Å². The topological polar surface area (TPSA) is 73.6 Å². The number of hydrogen-bond acceptors (Lipinski definition) is 4. The molecule has 2 rings (SSSR count). The molecule has 1 fully saturated rings. The highest BCUT2D eigenvalue weighted by Crippen LogP contribution is 2.23. The van der Waals surface area contributed by atoms with E-state index in [1.165, 1.54) is 0 Å². The van der Waals surface area contributed by atoms with E-state index >= 15 is 0 Å². The SMILES string of the molecule is CCOc1cc(N)cc(C(=O)NC2(C)CCOCC2)c1. The number of ether oxygens (including phenoxy) is 2. The van der Waals surface area contributed by atoms with Crippen molar-refractivity contribution in [1.29, 1.82) is 0 Å². The van der Waals surface area contributed by atoms with Crippen LogP contribution >= 0.6 is 0 Å². The first-order valence-electron chi connectivity index (χ1n) is 6.96. The third kappa shape index (κ3) is 3.63. The fraction of sp³-hybridized carbons (Fsp3) is 0.533. The maximum absolute atomic E-state index is 12.4. The normalized spacial score (nSPS) is 17.5. The largest absolute Gasteiger partial charge is 0.494 e. The van der Waals surface area contributed by atoms with E-state index < -0.39 is 0 Å². The monoisotopic (exact) mass is 278 g/mol. The predicted molar refractivity (Wildman–Crippen MR) is 77.9 cm³/mol. The Morgan fingerprint density at radius 2 is 2.10 bits per heavy atom. The maximum Gasteiger partial charge on any atom is 0.251 e. The molecule has 3 N–H and O–H groups in total. The molecule has 1 aromatic rings. The van der Waals surface area contributed by atoms with Crippen molar-refractivity contribution in [2.45, 2.75) is 32.2 Å². The molecule has 0 bridgehead atoms. The van der Waals surface area contributed by atoms with Crippen LogP contribution in [0.15, 0.2) is 18.2 Å². The van der Waals surface area contributed by atoms with E-state index in [0.717, 1.165) is 12.8 Å². The first-order valence-corrected chi connectivity index (χ1v) is 6.96. The second-order valence-electron chi connectivity index (χ2n) is 5.35. The van der Waals surface area contributed by atoms with E-state index in [2.05, 4.69) is 5.32 Å². The molecular weight excluding hydrogens is 256 g/mol. The van der Waals surface area contributed by atoms with Crippen molar-refractivity contribution in [3.63, 3.8) is 0 Å². The number of hydrogen-bond donors (Lipinski definition) is 2. The summed E-state index contributed by atoms with van der Waals surface area (Å²) in [5, 5.41) is 3.08. The van der Waals surface area contributed by atoms with Crippen LogP contribution in [0.5, 0.6) is 5.75 Å². The van der Waals surface area contributed by atoms with Crippen molar-refractivity contribution in [1.82, 2.24) is 5.32 Å². The van der Waals surface area contributed by atoms with Gasteiger partial charge in [0.2, 0.25) is 0 Å². The lowest BCUT2D eigenvalue weighted by Crippen LogP contribution is -2.49. The van der Waals surface area contributed by atoms with Gasteiger partial charge in [0.1, 0.15) is 5.75 Å². The van der Waals surface area contributed by atoms with E-state index in [1.54, 1.807) is 18.2 Å². The third-order valence-electron chi connectivity index (χ3n) is 3.51. The number of carbonyl (C=O) groups excluding carboxylic acids is 1. The zero-order chi connectivity index (χ0) is 14.6. The molecular formula is C15H22N2O3. The minimum Gasteiger partial charge on any atom is -0.494 e. The summed E-state index contributed by atoms with van der Waals surface area (Å²) in [7, 11) is 0. The molecule has 1 aromatic carbocycles. The minimum absolute atomic E-state index is 0.123. The van der Waals surface area contributed by atoms with Crippen LogP contribution in [0.2, 0.25) is 0 Å². The van der Waals surface area contributed by atoms with Crippen molar-refractivity contribution in [2.24, 2.45) is 0 Å². The zero-order valence-corrected chi connectivity index (χ0v) is 12.1. The fourth-order valence-electron chi connectivity index (χ4n) is 2.30. The second kappa shape index (κ2) is 6.13. The highest BCUT2D eigenvalue weighted by molar-refractivity contribution is 5.96. The first kappa shape index (κ1) is 14.7. The van der Waals surface area contributed by atoms with Crippen LogP contribution in [0.1, 0.15) is 37.0 Å². The summed E-state index contributed by atoms with van der Waals surface area (Å²) in [4.78, 5) is 12.4. The van der Waals surface area contributed by atoms with E-state index in [-0.39, 0.29) is 11.4 Å². The Morgan fingerprint density at radius 1 is 1.40 bits per heavy atom. The molecule has 110 valence electrons. The van der Waals surface area contributed by atoms with Gasteiger partial charge in [0, 0.05) is 36.1 Å². The van der Waals surface area contributed by atoms with Gasteiger partial charge in [-0.05, 0) is 38.8 Å². The van der Waals surface area contributed by atoms with Crippen LogP contribution in [0.3, 0.4) is 0 Å². The molecule has 20 heavy (non-hydrogen) atoms. The molecule has 1 aliphatic rings. The number of anilines is 1. The summed E-state index contributed by atoms with van der Waals surface area (Å²) in [6.45, 7) is 5.84. The Kier molecular flexibility index (Phi) is 4.49. The number of rotatable bonds is 4. The molecule has 0 saturated carbocycles. The quantitative estimate of drug-likeness (QED) is 0.826. The van der Waals surface area contributed by atoms with Crippen molar-refractivity contribution in [3.8, 4) is 5.75 Å². The number of amides is 1. The Balaban J connectivity index is 2.12. The highest BCUT2D eigenvalue weighted by atomic mass is 16.5. The molecule has 0 aromatic heterocycles. The summed E-state index contributed by atoms with van der Waals surface area (Å²) in [6, 6.07) is 5.11. The molecule has 0 radical (unpaired) electrons. The van der Waals surface area contributed by atoms with Crippen LogP contribution in [-0.2, 0) is 4.74 Å². The number of benzene rings is 1. The average Bonchev–Trinajstić information content (AvgIpc) is 2.38. The number of nitrogens with one attached hydrogen (secondary N) is 1. The summed E-state index contributed by atoms with van der Waals surface area (Å²) in [5.74, 6) is 0.498. The van der Waals surface area contributed by atoms with Gasteiger partial charge in [-0.15, -0.1) is 0 Å². The van der Waals surface area contributed by atoms with Crippen LogP contribution in [-0.4, -0.2) is 31.3 Å². The van der Waals surface area contributed by atoms with Gasteiger partial charge < -0.3 is 20.5 Å². The van der Waals surface area contributed by atoms with Gasteiger partial charge in [-0.1, -0.05) is 0 Å². The number of nitrogens with two attached hydrogens (primary N) is 1. The number of carbonyl (C=O) groups is 1. The van der Waals surface area contributed by atoms with Gasteiger partial charge in [0.15, 0.2) is 0 Å². The summed E-state index contributed by atoms with van der Waals surface area (Å²) < 4.78 is 10.7. The van der Waals surface area contributed by atoms with Crippen molar-refractivity contribution < 1.29 is 14.3 Å². The van der Waals surface area contributed by atoms with Gasteiger partial charge in [-0.3, -0.25) is 4.79 Å². The van der Waals surface area contributed by atoms with Crippen molar-refractivity contribution in [2.75, 3.05) is 25.6 Å². The van der Waals surface area contributed by atoms with E-state index in [9.17, 15) is 4.79 Å². The molecule has 0 atom stereocenters. The summed E-state index contributed by atoms with van der Waals surface area (Å²) in [6.07, 6.45) is 1.64. The second-order valence-corrected chi connectivity index (χ2v) is 5.35. The first-order chi connectivity index (χ1) is 9.52. The van der Waals surface area contributed by atoms with E-state index in [4.69, 9.17) is 15.2 Å². The molecule has 1 saturated heterocycles. The van der Waals surface area contributed by atoms with Gasteiger partial charge in [-0.25, -0.2) is 0 Å². The molecule has 0 spiro atoms. The lowest BCUT2D eigenvalue weighted by Gasteiger charge is -2.34. The lowest BCUT2D eigenvalue weighted by atomic mass is 9.92. The van der Waals surface area contributed by atoms with Gasteiger partial charge >= 0.3 is 0 Å². The molecule has 0 unspecified atom stereocenters. The smallest absolute Gasteiger partial charge is 0.251 e. The summed E-state index contributed by atoms with van der Waals surface area (Å²) in [5.41, 5.74) is 6.65. The molecule has 1 heterocycles. The Morgan fingerprint density at radius 3 is 2.75 bits per heavy atom.